The first kappa shape index (κ1) is 28.2. The number of aryl methyl sites for hydroxylation is 1. The van der Waals surface area contributed by atoms with Crippen LogP contribution in [0.2, 0.25) is 0 Å². The van der Waals surface area contributed by atoms with E-state index in [0.717, 1.165) is 64.2 Å². The highest BCUT2D eigenvalue weighted by molar-refractivity contribution is 5.69. The molecule has 0 saturated heterocycles. The fourth-order valence-corrected chi connectivity index (χ4v) is 3.74. The summed E-state index contributed by atoms with van der Waals surface area (Å²) in [6.45, 7) is 3.31. The van der Waals surface area contributed by atoms with Gasteiger partial charge in [0.1, 0.15) is 0 Å². The van der Waals surface area contributed by atoms with E-state index < -0.39 is 0 Å². The van der Waals surface area contributed by atoms with E-state index in [1.54, 1.807) is 0 Å². The molecule has 1 aromatic carbocycles. The number of esters is 2. The van der Waals surface area contributed by atoms with Crippen molar-refractivity contribution in [3.05, 3.63) is 35.9 Å². The standard InChI is InChI=1S/C28H46O4/c1-2-3-4-5-8-11-17-24-31-27(29)22-15-9-6-7-10-16-23-28(30)32-25-18-21-26-19-13-12-14-20-26/h12-14,19-20H,2-11,15-18,21-25H2,1H3. The minimum absolute atomic E-state index is 0.0500. The summed E-state index contributed by atoms with van der Waals surface area (Å²) in [5.74, 6) is -0.132. The maximum Gasteiger partial charge on any atom is 0.305 e. The Labute approximate surface area is 196 Å². The normalized spacial score (nSPS) is 10.8. The highest BCUT2D eigenvalue weighted by atomic mass is 16.5. The lowest BCUT2D eigenvalue weighted by Crippen LogP contribution is -2.06. The molecule has 182 valence electrons. The Morgan fingerprint density at radius 3 is 1.62 bits per heavy atom. The molecule has 0 aliphatic carbocycles. The Balaban J connectivity index is 1.80. The summed E-state index contributed by atoms with van der Waals surface area (Å²) in [4.78, 5) is 23.5. The summed E-state index contributed by atoms with van der Waals surface area (Å²) >= 11 is 0. The summed E-state index contributed by atoms with van der Waals surface area (Å²) in [7, 11) is 0. The summed E-state index contributed by atoms with van der Waals surface area (Å²) in [5.41, 5.74) is 1.28. The molecule has 0 bridgehead atoms. The molecule has 0 aliphatic heterocycles. The molecule has 0 fully saturated rings. The molecule has 0 atom stereocenters. The van der Waals surface area contributed by atoms with Crippen LogP contribution in [-0.2, 0) is 25.5 Å². The zero-order valence-corrected chi connectivity index (χ0v) is 20.5. The van der Waals surface area contributed by atoms with E-state index in [0.29, 0.717) is 26.1 Å². The molecule has 32 heavy (non-hydrogen) atoms. The number of hydrogen-bond acceptors (Lipinski definition) is 4. The number of rotatable bonds is 21. The Bertz CT molecular complexity index is 570. The molecule has 0 unspecified atom stereocenters. The summed E-state index contributed by atoms with van der Waals surface area (Å²) in [6.07, 6.45) is 17.6. The average Bonchev–Trinajstić information content (AvgIpc) is 2.81. The van der Waals surface area contributed by atoms with E-state index in [9.17, 15) is 9.59 Å². The van der Waals surface area contributed by atoms with Gasteiger partial charge in [-0.25, -0.2) is 0 Å². The second kappa shape index (κ2) is 21.0. The van der Waals surface area contributed by atoms with Crippen LogP contribution in [0, 0.1) is 0 Å². The van der Waals surface area contributed by atoms with Gasteiger partial charge in [0.2, 0.25) is 0 Å². The number of carbonyl (C=O) groups is 2. The SMILES string of the molecule is CCCCCCCCCOC(=O)CCCCCCCCC(=O)OCCCc1ccccc1. The topological polar surface area (TPSA) is 52.6 Å². The Hall–Kier alpha value is -1.84. The lowest BCUT2D eigenvalue weighted by atomic mass is 10.1. The fourth-order valence-electron chi connectivity index (χ4n) is 3.74. The van der Waals surface area contributed by atoms with Gasteiger partial charge >= 0.3 is 11.9 Å². The van der Waals surface area contributed by atoms with Crippen molar-refractivity contribution >= 4 is 11.9 Å². The van der Waals surface area contributed by atoms with Crippen molar-refractivity contribution < 1.29 is 19.1 Å². The highest BCUT2D eigenvalue weighted by Crippen LogP contribution is 2.11. The Morgan fingerprint density at radius 1 is 0.594 bits per heavy atom. The lowest BCUT2D eigenvalue weighted by molar-refractivity contribution is -0.144. The smallest absolute Gasteiger partial charge is 0.305 e. The Morgan fingerprint density at radius 2 is 1.06 bits per heavy atom. The van der Waals surface area contributed by atoms with E-state index in [1.165, 1.54) is 37.7 Å². The second-order valence-corrected chi connectivity index (χ2v) is 8.77. The number of benzene rings is 1. The molecule has 0 radical (unpaired) electrons. The van der Waals surface area contributed by atoms with E-state index in [1.807, 2.05) is 18.2 Å². The van der Waals surface area contributed by atoms with Gasteiger partial charge in [0, 0.05) is 12.8 Å². The van der Waals surface area contributed by atoms with Gasteiger partial charge in [-0.2, -0.15) is 0 Å². The zero-order chi connectivity index (χ0) is 23.1. The average molecular weight is 447 g/mol. The van der Waals surface area contributed by atoms with Crippen molar-refractivity contribution in [3.8, 4) is 0 Å². The van der Waals surface area contributed by atoms with Gasteiger partial charge in [0.05, 0.1) is 13.2 Å². The van der Waals surface area contributed by atoms with Crippen LogP contribution in [0.3, 0.4) is 0 Å². The van der Waals surface area contributed by atoms with Gasteiger partial charge in [-0.3, -0.25) is 9.59 Å². The summed E-state index contributed by atoms with van der Waals surface area (Å²) < 4.78 is 10.6. The van der Waals surface area contributed by atoms with Gasteiger partial charge < -0.3 is 9.47 Å². The highest BCUT2D eigenvalue weighted by Gasteiger charge is 2.04. The maximum absolute atomic E-state index is 11.8. The zero-order valence-electron chi connectivity index (χ0n) is 20.5. The van der Waals surface area contributed by atoms with Crippen LogP contribution < -0.4 is 0 Å². The van der Waals surface area contributed by atoms with Gasteiger partial charge in [0.15, 0.2) is 0 Å². The van der Waals surface area contributed by atoms with E-state index in [4.69, 9.17) is 9.47 Å². The molecule has 0 aliphatic rings. The van der Waals surface area contributed by atoms with Crippen LogP contribution in [0.4, 0.5) is 0 Å². The van der Waals surface area contributed by atoms with Crippen LogP contribution in [0.5, 0.6) is 0 Å². The van der Waals surface area contributed by atoms with Crippen molar-refractivity contribution in [2.45, 2.75) is 116 Å². The minimum atomic E-state index is -0.0817. The number of ether oxygens (including phenoxy) is 2. The van der Waals surface area contributed by atoms with Crippen molar-refractivity contribution in [3.63, 3.8) is 0 Å². The van der Waals surface area contributed by atoms with Gasteiger partial charge in [0.25, 0.3) is 0 Å². The van der Waals surface area contributed by atoms with E-state index >= 15 is 0 Å². The predicted octanol–water partition coefficient (Wildman–Crippen LogP) is 7.58. The molecule has 0 aromatic heterocycles. The van der Waals surface area contributed by atoms with Crippen LogP contribution >= 0.6 is 0 Å². The largest absolute Gasteiger partial charge is 0.466 e. The quantitative estimate of drug-likeness (QED) is 0.144. The lowest BCUT2D eigenvalue weighted by Gasteiger charge is -2.06. The fraction of sp³-hybridized carbons (Fsp3) is 0.714. The molecule has 4 heteroatoms. The number of carbonyl (C=O) groups excluding carboxylic acids is 2. The molecular formula is C28H46O4. The molecule has 0 amide bonds. The first-order valence-electron chi connectivity index (χ1n) is 13.1. The van der Waals surface area contributed by atoms with Crippen molar-refractivity contribution in [2.24, 2.45) is 0 Å². The third-order valence-corrected chi connectivity index (χ3v) is 5.74. The molecule has 0 spiro atoms. The molecule has 0 N–H and O–H groups in total. The van der Waals surface area contributed by atoms with Crippen molar-refractivity contribution in [1.82, 2.24) is 0 Å². The third kappa shape index (κ3) is 17.8. The van der Waals surface area contributed by atoms with E-state index in [2.05, 4.69) is 19.1 Å². The van der Waals surface area contributed by atoms with Crippen molar-refractivity contribution in [1.29, 1.82) is 0 Å². The molecular weight excluding hydrogens is 400 g/mol. The third-order valence-electron chi connectivity index (χ3n) is 5.74. The molecule has 4 nitrogen and oxygen atoms in total. The molecule has 1 rings (SSSR count). The van der Waals surface area contributed by atoms with Crippen LogP contribution in [-0.4, -0.2) is 25.2 Å². The van der Waals surface area contributed by atoms with Crippen LogP contribution in [0.15, 0.2) is 30.3 Å². The Kier molecular flexibility index (Phi) is 18.5. The predicted molar refractivity (Wildman–Crippen MR) is 132 cm³/mol. The molecule has 1 aromatic rings. The van der Waals surface area contributed by atoms with Gasteiger partial charge in [-0.05, 0) is 37.7 Å². The summed E-state index contributed by atoms with van der Waals surface area (Å²) in [5, 5.41) is 0. The van der Waals surface area contributed by atoms with Crippen LogP contribution in [0.1, 0.15) is 115 Å². The first-order valence-corrected chi connectivity index (χ1v) is 13.1. The molecule has 0 saturated carbocycles. The number of unbranched alkanes of at least 4 members (excludes halogenated alkanes) is 11. The number of hydrogen-bond donors (Lipinski definition) is 0. The van der Waals surface area contributed by atoms with Gasteiger partial charge in [-0.1, -0.05) is 101 Å². The van der Waals surface area contributed by atoms with Gasteiger partial charge in [-0.15, -0.1) is 0 Å². The van der Waals surface area contributed by atoms with Crippen LogP contribution in [0.25, 0.3) is 0 Å². The van der Waals surface area contributed by atoms with Crippen molar-refractivity contribution in [2.75, 3.05) is 13.2 Å². The first-order chi connectivity index (χ1) is 15.7. The monoisotopic (exact) mass is 446 g/mol. The maximum atomic E-state index is 11.8. The second-order valence-electron chi connectivity index (χ2n) is 8.77. The molecule has 0 heterocycles. The van der Waals surface area contributed by atoms with E-state index in [-0.39, 0.29) is 11.9 Å². The minimum Gasteiger partial charge on any atom is -0.466 e. The summed E-state index contributed by atoms with van der Waals surface area (Å²) in [6, 6.07) is 10.3.